The summed E-state index contributed by atoms with van der Waals surface area (Å²) >= 11 is 6.30. The number of para-hydroxylation sites is 1. The van der Waals surface area contributed by atoms with Gasteiger partial charge in [-0.1, -0.05) is 55.8 Å². The monoisotopic (exact) mass is 434 g/mol. The topological polar surface area (TPSA) is 58.2 Å². The Morgan fingerprint density at radius 3 is 2.55 bits per heavy atom. The molecule has 0 saturated heterocycles. The van der Waals surface area contributed by atoms with E-state index < -0.39 is 5.92 Å². The molecule has 2 N–H and O–H groups in total. The fourth-order valence-electron chi connectivity index (χ4n) is 4.66. The van der Waals surface area contributed by atoms with Crippen molar-refractivity contribution in [2.75, 3.05) is 5.32 Å². The minimum Gasteiger partial charge on any atom is -0.362 e. The molecule has 2 aromatic carbocycles. The highest BCUT2D eigenvalue weighted by Crippen LogP contribution is 2.47. The van der Waals surface area contributed by atoms with Crippen LogP contribution in [0.1, 0.15) is 50.7 Å². The molecule has 0 bridgehead atoms. The SMILES string of the molecule is CC1=C(C(=O)Nc2ccccc2C)[C@H](c2cccc(Cl)c2)C2=C(CC(C)(C)CC2=O)N1. The standard InChI is InChI=1S/C26H27ClN2O2/c1-15-8-5-6-11-19(15)29-25(31)22-16(2)28-20-13-26(3,4)14-21(30)24(20)23(22)17-9-7-10-18(27)12-17/h5-12,23,28H,13-14H2,1-4H3,(H,29,31)/t23-/m0/s1. The summed E-state index contributed by atoms with van der Waals surface area (Å²) in [4.78, 5) is 26.8. The maximum atomic E-state index is 13.5. The van der Waals surface area contributed by atoms with Crippen LogP contribution < -0.4 is 10.6 Å². The van der Waals surface area contributed by atoms with E-state index in [0.717, 1.165) is 34.6 Å². The molecule has 1 atom stereocenters. The first-order valence-corrected chi connectivity index (χ1v) is 10.9. The quantitative estimate of drug-likeness (QED) is 0.633. The number of aryl methyl sites for hydroxylation is 1. The Hall–Kier alpha value is -2.85. The number of nitrogens with one attached hydrogen (secondary N) is 2. The number of allylic oxidation sites excluding steroid dienone is 3. The van der Waals surface area contributed by atoms with Crippen molar-refractivity contribution in [3.8, 4) is 0 Å². The molecule has 1 heterocycles. The van der Waals surface area contributed by atoms with Crippen molar-refractivity contribution in [1.29, 1.82) is 0 Å². The maximum Gasteiger partial charge on any atom is 0.254 e. The zero-order chi connectivity index (χ0) is 22.3. The van der Waals surface area contributed by atoms with Crippen molar-refractivity contribution >= 4 is 29.0 Å². The van der Waals surface area contributed by atoms with Crippen LogP contribution in [0, 0.1) is 12.3 Å². The van der Waals surface area contributed by atoms with Crippen LogP contribution in [0.25, 0.3) is 0 Å². The predicted molar refractivity (Wildman–Crippen MR) is 125 cm³/mol. The first-order valence-electron chi connectivity index (χ1n) is 10.5. The van der Waals surface area contributed by atoms with E-state index in [0.29, 0.717) is 22.6 Å². The van der Waals surface area contributed by atoms with Crippen LogP contribution in [0.3, 0.4) is 0 Å². The minimum absolute atomic E-state index is 0.0809. The van der Waals surface area contributed by atoms with Crippen molar-refractivity contribution in [1.82, 2.24) is 5.32 Å². The fraction of sp³-hybridized carbons (Fsp3) is 0.308. The average Bonchev–Trinajstić information content (AvgIpc) is 2.67. The fourth-order valence-corrected chi connectivity index (χ4v) is 4.86. The lowest BCUT2D eigenvalue weighted by atomic mass is 9.68. The Labute approximate surface area is 188 Å². The lowest BCUT2D eigenvalue weighted by molar-refractivity contribution is -0.118. The van der Waals surface area contributed by atoms with E-state index in [1.54, 1.807) is 6.07 Å². The number of hydrogen-bond donors (Lipinski definition) is 2. The van der Waals surface area contributed by atoms with Gasteiger partial charge in [0.05, 0.1) is 0 Å². The Balaban J connectivity index is 1.83. The highest BCUT2D eigenvalue weighted by Gasteiger charge is 2.42. The summed E-state index contributed by atoms with van der Waals surface area (Å²) in [5.74, 6) is -0.589. The third-order valence-corrected chi connectivity index (χ3v) is 6.29. The second-order valence-electron chi connectivity index (χ2n) is 9.25. The van der Waals surface area contributed by atoms with Gasteiger partial charge in [-0.3, -0.25) is 9.59 Å². The van der Waals surface area contributed by atoms with E-state index in [1.807, 2.05) is 56.3 Å². The van der Waals surface area contributed by atoms with E-state index in [4.69, 9.17) is 11.6 Å². The third kappa shape index (κ3) is 4.17. The number of hydrogen-bond acceptors (Lipinski definition) is 3. The van der Waals surface area contributed by atoms with Gasteiger partial charge < -0.3 is 10.6 Å². The van der Waals surface area contributed by atoms with E-state index in [-0.39, 0.29) is 17.1 Å². The van der Waals surface area contributed by atoms with Crippen LogP contribution in [0.4, 0.5) is 5.69 Å². The number of ketones is 1. The van der Waals surface area contributed by atoms with Gasteiger partial charge in [0.25, 0.3) is 5.91 Å². The van der Waals surface area contributed by atoms with Gasteiger partial charge in [-0.05, 0) is 55.0 Å². The van der Waals surface area contributed by atoms with Crippen molar-refractivity contribution in [3.63, 3.8) is 0 Å². The molecule has 4 rings (SSSR count). The molecule has 160 valence electrons. The second-order valence-corrected chi connectivity index (χ2v) is 9.69. The van der Waals surface area contributed by atoms with Gasteiger partial charge in [0.2, 0.25) is 0 Å². The normalized spacial score (nSPS) is 20.3. The van der Waals surface area contributed by atoms with Crippen LogP contribution in [-0.2, 0) is 9.59 Å². The zero-order valence-corrected chi connectivity index (χ0v) is 19.1. The molecule has 31 heavy (non-hydrogen) atoms. The molecule has 0 unspecified atom stereocenters. The second kappa shape index (κ2) is 8.01. The number of dihydropyridines is 1. The molecule has 5 heteroatoms. The molecule has 4 nitrogen and oxygen atoms in total. The average molecular weight is 435 g/mol. The number of carbonyl (C=O) groups is 2. The molecule has 2 aromatic rings. The lowest BCUT2D eigenvalue weighted by Crippen LogP contribution is -2.39. The van der Waals surface area contributed by atoms with Gasteiger partial charge in [-0.25, -0.2) is 0 Å². The summed E-state index contributed by atoms with van der Waals surface area (Å²) in [6, 6.07) is 15.1. The molecular formula is C26H27ClN2O2. The van der Waals surface area contributed by atoms with Gasteiger partial charge in [0, 0.05) is 45.6 Å². The Morgan fingerprint density at radius 2 is 1.84 bits per heavy atom. The van der Waals surface area contributed by atoms with Crippen molar-refractivity contribution in [3.05, 3.63) is 87.2 Å². The van der Waals surface area contributed by atoms with E-state index in [1.165, 1.54) is 0 Å². The molecule has 0 fully saturated rings. The largest absolute Gasteiger partial charge is 0.362 e. The number of rotatable bonds is 3. The zero-order valence-electron chi connectivity index (χ0n) is 18.3. The van der Waals surface area contributed by atoms with Gasteiger partial charge in [-0.15, -0.1) is 0 Å². The lowest BCUT2D eigenvalue weighted by Gasteiger charge is -2.39. The summed E-state index contributed by atoms with van der Waals surface area (Å²) < 4.78 is 0. The summed E-state index contributed by atoms with van der Waals surface area (Å²) in [5, 5.41) is 7.02. The number of anilines is 1. The molecule has 0 aromatic heterocycles. The Kier molecular flexibility index (Phi) is 5.52. The van der Waals surface area contributed by atoms with Crippen LogP contribution in [0.15, 0.2) is 71.1 Å². The predicted octanol–water partition coefficient (Wildman–Crippen LogP) is 5.89. The summed E-state index contributed by atoms with van der Waals surface area (Å²) in [6.45, 7) is 8.06. The number of halogens is 1. The number of benzene rings is 2. The summed E-state index contributed by atoms with van der Waals surface area (Å²) in [5.41, 5.74) is 5.38. The van der Waals surface area contributed by atoms with Crippen molar-refractivity contribution in [2.45, 2.75) is 46.5 Å². The number of Topliss-reactive ketones (excluding diaryl/α,β-unsaturated/α-hetero) is 1. The molecule has 1 aliphatic carbocycles. The third-order valence-electron chi connectivity index (χ3n) is 6.06. The molecular weight excluding hydrogens is 408 g/mol. The number of amides is 1. The van der Waals surface area contributed by atoms with Crippen molar-refractivity contribution < 1.29 is 9.59 Å². The summed E-state index contributed by atoms with van der Waals surface area (Å²) in [7, 11) is 0. The van der Waals surface area contributed by atoms with E-state index >= 15 is 0 Å². The summed E-state index contributed by atoms with van der Waals surface area (Å²) in [6.07, 6.45) is 1.21. The molecule has 1 aliphatic heterocycles. The van der Waals surface area contributed by atoms with Gasteiger partial charge in [0.15, 0.2) is 5.78 Å². The smallest absolute Gasteiger partial charge is 0.254 e. The highest BCUT2D eigenvalue weighted by molar-refractivity contribution is 6.30. The molecule has 2 aliphatic rings. The molecule has 1 amide bonds. The molecule has 0 saturated carbocycles. The van der Waals surface area contributed by atoms with Crippen molar-refractivity contribution in [2.24, 2.45) is 5.41 Å². The van der Waals surface area contributed by atoms with Crippen LogP contribution >= 0.6 is 11.6 Å². The van der Waals surface area contributed by atoms with Gasteiger partial charge in [0.1, 0.15) is 0 Å². The first-order chi connectivity index (χ1) is 14.7. The van der Waals surface area contributed by atoms with Gasteiger partial charge in [-0.2, -0.15) is 0 Å². The van der Waals surface area contributed by atoms with E-state index in [9.17, 15) is 9.59 Å². The number of carbonyl (C=O) groups excluding carboxylic acids is 2. The van der Waals surface area contributed by atoms with E-state index in [2.05, 4.69) is 24.5 Å². The van der Waals surface area contributed by atoms with Crippen LogP contribution in [0.5, 0.6) is 0 Å². The van der Waals surface area contributed by atoms with Crippen LogP contribution in [-0.4, -0.2) is 11.7 Å². The highest BCUT2D eigenvalue weighted by atomic mass is 35.5. The van der Waals surface area contributed by atoms with Gasteiger partial charge >= 0.3 is 0 Å². The van der Waals surface area contributed by atoms with Crippen LogP contribution in [0.2, 0.25) is 5.02 Å². The molecule has 0 radical (unpaired) electrons. The molecule has 0 spiro atoms. The Morgan fingerprint density at radius 1 is 1.10 bits per heavy atom. The Bertz CT molecular complexity index is 1140. The maximum absolute atomic E-state index is 13.5. The minimum atomic E-state index is -0.456. The first kappa shape index (κ1) is 21.4.